The van der Waals surface area contributed by atoms with Crippen LogP contribution in [-0.2, 0) is 30.6 Å². The number of aryl methyl sites for hydroxylation is 1. The second-order valence-electron chi connectivity index (χ2n) is 13.4. The molecule has 6 heterocycles. The molecule has 1 aromatic heterocycles. The molecule has 4 fully saturated rings. The van der Waals surface area contributed by atoms with Gasteiger partial charge in [-0.3, -0.25) is 9.69 Å². The third-order valence-electron chi connectivity index (χ3n) is 11.0. The van der Waals surface area contributed by atoms with Crippen molar-refractivity contribution in [1.82, 2.24) is 19.8 Å². The van der Waals surface area contributed by atoms with E-state index in [1.807, 2.05) is 0 Å². The van der Waals surface area contributed by atoms with E-state index in [1.54, 1.807) is 4.90 Å². The van der Waals surface area contributed by atoms with Gasteiger partial charge in [0.25, 0.3) is 5.91 Å². The van der Waals surface area contributed by atoms with Gasteiger partial charge in [-0.2, -0.15) is 9.97 Å². The van der Waals surface area contributed by atoms with Crippen LogP contribution in [0.3, 0.4) is 0 Å². The number of nitrogens with zero attached hydrogens (tertiary/aromatic N) is 6. The SMILES string of the molecule is C=C(F)C(=O)N1CC[C@@H]2[C@H]1CN2c1nc(OCC23CCCN2C[C@H](F)C3)nc2c1CCN(c1cccc3c1CCCC3)C2. The number of anilines is 2. The van der Waals surface area contributed by atoms with Crippen molar-refractivity contribution < 1.29 is 18.3 Å². The number of aromatic nitrogens is 2. The lowest BCUT2D eigenvalue weighted by Gasteiger charge is -2.48. The van der Waals surface area contributed by atoms with E-state index >= 15 is 0 Å². The number of amides is 1. The molecule has 8 rings (SSSR count). The lowest BCUT2D eigenvalue weighted by Crippen LogP contribution is -2.63. The van der Waals surface area contributed by atoms with Crippen molar-refractivity contribution in [3.05, 3.63) is 53.0 Å². The largest absolute Gasteiger partial charge is 0.461 e. The molecule has 0 spiro atoms. The Morgan fingerprint density at radius 3 is 2.81 bits per heavy atom. The first kappa shape index (κ1) is 27.3. The molecule has 4 saturated heterocycles. The van der Waals surface area contributed by atoms with Crippen LogP contribution in [0.2, 0.25) is 0 Å². The Morgan fingerprint density at radius 2 is 1.93 bits per heavy atom. The van der Waals surface area contributed by atoms with Gasteiger partial charge in [-0.15, -0.1) is 0 Å². The fourth-order valence-corrected chi connectivity index (χ4v) is 8.87. The predicted molar refractivity (Wildman–Crippen MR) is 160 cm³/mol. The smallest absolute Gasteiger partial charge is 0.318 e. The van der Waals surface area contributed by atoms with Crippen LogP contribution in [0.1, 0.15) is 60.9 Å². The van der Waals surface area contributed by atoms with Crippen LogP contribution >= 0.6 is 0 Å². The summed E-state index contributed by atoms with van der Waals surface area (Å²) in [4.78, 5) is 31.0. The van der Waals surface area contributed by atoms with Crippen LogP contribution in [0.4, 0.5) is 20.3 Å². The number of ether oxygens (including phenoxy) is 1. The molecular formula is C33H40F2N6O2. The second-order valence-corrected chi connectivity index (χ2v) is 13.4. The Bertz CT molecular complexity index is 1470. The molecular weight excluding hydrogens is 550 g/mol. The van der Waals surface area contributed by atoms with Crippen molar-refractivity contribution in [1.29, 1.82) is 0 Å². The first-order valence-corrected chi connectivity index (χ1v) is 16.1. The van der Waals surface area contributed by atoms with Crippen LogP contribution in [0.15, 0.2) is 30.6 Å². The minimum absolute atomic E-state index is 0.0446. The van der Waals surface area contributed by atoms with E-state index < -0.39 is 17.9 Å². The Labute approximate surface area is 251 Å². The molecule has 2 aromatic rings. The summed E-state index contributed by atoms with van der Waals surface area (Å²) >= 11 is 0. The number of alkyl halides is 1. The summed E-state index contributed by atoms with van der Waals surface area (Å²) in [7, 11) is 0. The van der Waals surface area contributed by atoms with Gasteiger partial charge in [0.05, 0.1) is 29.9 Å². The zero-order valence-electron chi connectivity index (χ0n) is 24.7. The quantitative estimate of drug-likeness (QED) is 0.469. The van der Waals surface area contributed by atoms with Gasteiger partial charge in [0.1, 0.15) is 18.6 Å². The van der Waals surface area contributed by atoms with Gasteiger partial charge in [-0.1, -0.05) is 18.7 Å². The monoisotopic (exact) mass is 590 g/mol. The molecule has 43 heavy (non-hydrogen) atoms. The number of hydrogen-bond acceptors (Lipinski definition) is 7. The second kappa shape index (κ2) is 10.4. The Balaban J connectivity index is 1.10. The minimum Gasteiger partial charge on any atom is -0.461 e. The number of carbonyl (C=O) groups excluding carboxylic acids is 1. The standard InChI is InChI=1S/C33H40F2N6O2/c1-21(34)31(42)40-15-11-28-29(40)19-41(28)30-25-10-14-38(27-9-4-7-22-6-2-3-8-24(22)27)18-26(25)36-32(37-30)43-20-33-12-5-13-39(33)17-23(35)16-33/h4,7,9,23,28-29H,1-3,5-6,8,10-20H2/t23-,28-,29-,33?/m1/s1. The third kappa shape index (κ3) is 4.50. The molecule has 0 radical (unpaired) electrons. The van der Waals surface area contributed by atoms with Gasteiger partial charge in [0.2, 0.25) is 0 Å². The molecule has 0 saturated carbocycles. The minimum atomic E-state index is -0.903. The average Bonchev–Trinajstić information content (AvgIpc) is 3.64. The third-order valence-corrected chi connectivity index (χ3v) is 11.0. The number of carbonyl (C=O) groups is 1. The van der Waals surface area contributed by atoms with Gasteiger partial charge in [-0.25, -0.2) is 8.78 Å². The van der Waals surface area contributed by atoms with Crippen molar-refractivity contribution in [3.63, 3.8) is 0 Å². The molecule has 1 aromatic carbocycles. The highest BCUT2D eigenvalue weighted by Crippen LogP contribution is 2.43. The van der Waals surface area contributed by atoms with Crippen molar-refractivity contribution >= 4 is 17.4 Å². The maximum atomic E-state index is 14.5. The first-order valence-electron chi connectivity index (χ1n) is 16.1. The Hall–Kier alpha value is -3.27. The summed E-state index contributed by atoms with van der Waals surface area (Å²) < 4.78 is 34.6. The van der Waals surface area contributed by atoms with Crippen LogP contribution in [0.25, 0.3) is 0 Å². The summed E-state index contributed by atoms with van der Waals surface area (Å²) in [6.07, 6.45) is 7.97. The maximum absolute atomic E-state index is 14.5. The first-order chi connectivity index (χ1) is 20.9. The molecule has 1 amide bonds. The van der Waals surface area contributed by atoms with Gasteiger partial charge < -0.3 is 19.4 Å². The van der Waals surface area contributed by atoms with Gasteiger partial charge in [-0.05, 0) is 75.1 Å². The molecule has 5 aliphatic heterocycles. The number of hydrogen-bond donors (Lipinski definition) is 0. The molecule has 10 heteroatoms. The number of fused-ring (bicyclic) bond motifs is 4. The number of halogens is 2. The summed E-state index contributed by atoms with van der Waals surface area (Å²) in [5.74, 6) is -0.633. The zero-order chi connectivity index (χ0) is 29.3. The van der Waals surface area contributed by atoms with Crippen LogP contribution in [-0.4, -0.2) is 88.8 Å². The van der Waals surface area contributed by atoms with E-state index in [1.165, 1.54) is 29.7 Å². The highest BCUT2D eigenvalue weighted by Gasteiger charge is 2.51. The highest BCUT2D eigenvalue weighted by molar-refractivity contribution is 5.91. The lowest BCUT2D eigenvalue weighted by atomic mass is 9.89. The van der Waals surface area contributed by atoms with E-state index in [2.05, 4.69) is 39.5 Å². The van der Waals surface area contributed by atoms with E-state index in [-0.39, 0.29) is 17.6 Å². The molecule has 8 nitrogen and oxygen atoms in total. The summed E-state index contributed by atoms with van der Waals surface area (Å²) in [5.41, 5.74) is 6.08. The molecule has 228 valence electrons. The maximum Gasteiger partial charge on any atom is 0.318 e. The van der Waals surface area contributed by atoms with Gasteiger partial charge in [0.15, 0.2) is 5.83 Å². The molecule has 4 atom stereocenters. The van der Waals surface area contributed by atoms with Crippen molar-refractivity contribution in [2.45, 2.75) is 88.1 Å². The lowest BCUT2D eigenvalue weighted by molar-refractivity contribution is -0.130. The van der Waals surface area contributed by atoms with E-state index in [4.69, 9.17) is 14.7 Å². The van der Waals surface area contributed by atoms with Crippen LogP contribution in [0.5, 0.6) is 6.01 Å². The van der Waals surface area contributed by atoms with E-state index in [0.717, 1.165) is 68.7 Å². The number of rotatable bonds is 6. The predicted octanol–water partition coefficient (Wildman–Crippen LogP) is 4.15. The normalized spacial score (nSPS) is 29.5. The van der Waals surface area contributed by atoms with E-state index in [9.17, 15) is 13.6 Å². The van der Waals surface area contributed by atoms with Crippen molar-refractivity contribution in [2.24, 2.45) is 0 Å². The molecule has 0 N–H and O–H groups in total. The summed E-state index contributed by atoms with van der Waals surface area (Å²) in [5, 5.41) is 0. The Morgan fingerprint density at radius 1 is 1.05 bits per heavy atom. The molecule has 0 bridgehead atoms. The van der Waals surface area contributed by atoms with Crippen molar-refractivity contribution in [3.8, 4) is 6.01 Å². The summed E-state index contributed by atoms with van der Waals surface area (Å²) in [6.45, 7) is 7.67. The molecule has 1 unspecified atom stereocenters. The Kier molecular flexibility index (Phi) is 6.62. The average molecular weight is 591 g/mol. The number of benzene rings is 1. The van der Waals surface area contributed by atoms with Gasteiger partial charge >= 0.3 is 6.01 Å². The topological polar surface area (TPSA) is 65.0 Å². The number of likely N-dealkylation sites (tertiary alicyclic amines) is 1. The molecule has 6 aliphatic rings. The van der Waals surface area contributed by atoms with Gasteiger partial charge in [0, 0.05) is 43.9 Å². The molecule has 1 aliphatic carbocycles. The fourth-order valence-electron chi connectivity index (χ4n) is 8.87. The highest BCUT2D eigenvalue weighted by atomic mass is 19.1. The van der Waals surface area contributed by atoms with Crippen molar-refractivity contribution in [2.75, 3.05) is 49.1 Å². The van der Waals surface area contributed by atoms with Crippen LogP contribution < -0.4 is 14.5 Å². The zero-order valence-corrected chi connectivity index (χ0v) is 24.7. The van der Waals surface area contributed by atoms with Crippen LogP contribution in [0, 0.1) is 0 Å². The fraction of sp³-hybridized carbons (Fsp3) is 0.606. The van der Waals surface area contributed by atoms with E-state index in [0.29, 0.717) is 45.2 Å². The summed E-state index contributed by atoms with van der Waals surface area (Å²) in [6, 6.07) is 7.09.